The molecule has 0 spiro atoms. The maximum atomic E-state index is 11.8. The van der Waals surface area contributed by atoms with E-state index in [1.807, 2.05) is 18.2 Å². The number of carbonyl (C=O) groups is 1. The van der Waals surface area contributed by atoms with Gasteiger partial charge in [0.25, 0.3) is 0 Å². The third-order valence-electron chi connectivity index (χ3n) is 7.19. The fourth-order valence-electron chi connectivity index (χ4n) is 5.48. The van der Waals surface area contributed by atoms with E-state index >= 15 is 0 Å². The average Bonchev–Trinajstić information content (AvgIpc) is 2.74. The lowest BCUT2D eigenvalue weighted by Crippen LogP contribution is -2.46. The van der Waals surface area contributed by atoms with Gasteiger partial charge in [-0.2, -0.15) is 0 Å². The van der Waals surface area contributed by atoms with Gasteiger partial charge in [-0.05, 0) is 86.8 Å². The summed E-state index contributed by atoms with van der Waals surface area (Å²) in [7, 11) is 0. The second-order valence-corrected chi connectivity index (χ2v) is 9.94. The van der Waals surface area contributed by atoms with Crippen molar-refractivity contribution in [3.8, 4) is 5.75 Å². The second-order valence-electron chi connectivity index (χ2n) is 9.94. The molecular weight excluding hydrogens is 398 g/mol. The van der Waals surface area contributed by atoms with Gasteiger partial charge in [-0.3, -0.25) is 0 Å². The Morgan fingerprint density at radius 1 is 1.16 bits per heavy atom. The van der Waals surface area contributed by atoms with Gasteiger partial charge < -0.3 is 15.6 Å². The van der Waals surface area contributed by atoms with E-state index in [1.165, 1.54) is 35.1 Å². The molecule has 4 rings (SSSR count). The molecule has 0 unspecified atom stereocenters. The zero-order valence-electron chi connectivity index (χ0n) is 19.5. The summed E-state index contributed by atoms with van der Waals surface area (Å²) in [6, 6.07) is 12.6. The molecule has 0 aromatic heterocycles. The van der Waals surface area contributed by atoms with Gasteiger partial charge in [0.2, 0.25) is 0 Å². The molecule has 2 aromatic carbocycles. The lowest BCUT2D eigenvalue weighted by atomic mass is 9.66. The van der Waals surface area contributed by atoms with Crippen molar-refractivity contribution in [3.05, 3.63) is 70.3 Å². The molecule has 4 heteroatoms. The minimum absolute atomic E-state index is 0.151. The largest absolute Gasteiger partial charge is 0.487 e. The number of hydrogen-bond donors (Lipinski definition) is 2. The van der Waals surface area contributed by atoms with E-state index in [0.29, 0.717) is 12.0 Å². The van der Waals surface area contributed by atoms with Gasteiger partial charge in [-0.1, -0.05) is 44.0 Å². The number of anilines is 1. The number of aliphatic carboxylic acids is 1. The van der Waals surface area contributed by atoms with Crippen LogP contribution in [-0.2, 0) is 17.6 Å². The molecule has 2 aromatic rings. The number of fused-ring (bicyclic) bond motifs is 3. The van der Waals surface area contributed by atoms with Crippen LogP contribution in [0.2, 0.25) is 0 Å². The highest BCUT2D eigenvalue weighted by Crippen LogP contribution is 2.53. The van der Waals surface area contributed by atoms with E-state index in [9.17, 15) is 9.90 Å². The summed E-state index contributed by atoms with van der Waals surface area (Å²) in [6.45, 7) is 6.52. The molecule has 4 nitrogen and oxygen atoms in total. The number of carboxylic acid groups (broad SMARTS) is 1. The Hall–Kier alpha value is -2.75. The van der Waals surface area contributed by atoms with Gasteiger partial charge in [0, 0.05) is 22.7 Å². The number of aryl methyl sites for hydroxylation is 1. The lowest BCUT2D eigenvalue weighted by molar-refractivity contribution is -0.133. The van der Waals surface area contributed by atoms with E-state index in [-0.39, 0.29) is 17.4 Å². The first-order valence-electron chi connectivity index (χ1n) is 11.9. The summed E-state index contributed by atoms with van der Waals surface area (Å²) in [5.74, 6) is 0.556. The van der Waals surface area contributed by atoms with E-state index < -0.39 is 5.97 Å². The molecule has 0 radical (unpaired) electrons. The van der Waals surface area contributed by atoms with Crippen LogP contribution in [0.25, 0.3) is 0 Å². The average molecular weight is 434 g/mol. The van der Waals surface area contributed by atoms with Crippen LogP contribution in [0.15, 0.2) is 48.0 Å². The molecule has 3 N–H and O–H groups in total. The lowest BCUT2D eigenvalue weighted by Gasteiger charge is -2.47. The van der Waals surface area contributed by atoms with E-state index in [4.69, 9.17) is 10.5 Å². The summed E-state index contributed by atoms with van der Waals surface area (Å²) < 4.78 is 6.63. The Balaban J connectivity index is 1.79. The van der Waals surface area contributed by atoms with Gasteiger partial charge in [0.1, 0.15) is 11.4 Å². The molecule has 0 saturated carbocycles. The first-order chi connectivity index (χ1) is 15.3. The summed E-state index contributed by atoms with van der Waals surface area (Å²) in [6.07, 6.45) is 8.60. The molecule has 170 valence electrons. The van der Waals surface area contributed by atoms with Crippen molar-refractivity contribution in [2.75, 3.05) is 5.73 Å². The van der Waals surface area contributed by atoms with Crippen molar-refractivity contribution in [3.63, 3.8) is 0 Å². The third-order valence-corrected chi connectivity index (χ3v) is 7.19. The Morgan fingerprint density at radius 3 is 2.59 bits per heavy atom. The number of allylic oxidation sites excluding steroid dienone is 1. The third kappa shape index (κ3) is 4.55. The molecule has 1 aliphatic heterocycles. The van der Waals surface area contributed by atoms with Gasteiger partial charge in [-0.15, -0.1) is 0 Å². The Morgan fingerprint density at radius 2 is 1.91 bits per heavy atom. The van der Waals surface area contributed by atoms with E-state index in [2.05, 4.69) is 45.0 Å². The minimum atomic E-state index is -0.800. The molecular formula is C28H35NO3. The number of rotatable bonds is 7. The second kappa shape index (κ2) is 9.01. The molecule has 2 atom stereocenters. The fraction of sp³-hybridized carbons (Fsp3) is 0.464. The van der Waals surface area contributed by atoms with Gasteiger partial charge in [-0.25, -0.2) is 4.79 Å². The van der Waals surface area contributed by atoms with Crippen molar-refractivity contribution in [1.29, 1.82) is 0 Å². The van der Waals surface area contributed by atoms with E-state index in [0.717, 1.165) is 37.1 Å². The van der Waals surface area contributed by atoms with Crippen LogP contribution in [0.3, 0.4) is 0 Å². The topological polar surface area (TPSA) is 72.5 Å². The number of ether oxygens (including phenoxy) is 1. The standard InChI is InChI=1S/C28H35NO3/c1-4-5-6-7-19-15-21(14-18-8-11-22(29)12-9-18)26-23-17-20(27(30)31)10-13-24(23)28(2,3)32-25(26)16-19/h8-12,15-16,23-24H,4-7,13-14,17,29H2,1-3H3,(H,30,31)/t23-,24-/m1/s1. The van der Waals surface area contributed by atoms with Crippen LogP contribution in [0.4, 0.5) is 5.69 Å². The molecule has 0 amide bonds. The first kappa shape index (κ1) is 22.4. The Labute approximate surface area is 191 Å². The van der Waals surface area contributed by atoms with Crippen LogP contribution in [-0.4, -0.2) is 16.7 Å². The molecule has 0 fully saturated rings. The van der Waals surface area contributed by atoms with Gasteiger partial charge in [0.05, 0.1) is 0 Å². The molecule has 32 heavy (non-hydrogen) atoms. The Bertz CT molecular complexity index is 1020. The molecule has 0 bridgehead atoms. The smallest absolute Gasteiger partial charge is 0.331 e. The maximum Gasteiger partial charge on any atom is 0.331 e. The minimum Gasteiger partial charge on any atom is -0.487 e. The highest BCUT2D eigenvalue weighted by atomic mass is 16.5. The highest BCUT2D eigenvalue weighted by Gasteiger charge is 2.46. The summed E-state index contributed by atoms with van der Waals surface area (Å²) >= 11 is 0. The van der Waals surface area contributed by atoms with Crippen molar-refractivity contribution >= 4 is 11.7 Å². The zero-order chi connectivity index (χ0) is 22.9. The van der Waals surface area contributed by atoms with Crippen molar-refractivity contribution in [2.24, 2.45) is 5.92 Å². The molecule has 0 saturated heterocycles. The quantitative estimate of drug-likeness (QED) is 0.399. The van der Waals surface area contributed by atoms with Crippen molar-refractivity contribution in [1.82, 2.24) is 0 Å². The Kier molecular flexibility index (Phi) is 6.32. The zero-order valence-corrected chi connectivity index (χ0v) is 19.5. The van der Waals surface area contributed by atoms with Crippen molar-refractivity contribution < 1.29 is 14.6 Å². The monoisotopic (exact) mass is 433 g/mol. The predicted molar refractivity (Wildman–Crippen MR) is 129 cm³/mol. The van der Waals surface area contributed by atoms with Crippen LogP contribution in [0, 0.1) is 5.92 Å². The number of carboxylic acids is 1. The maximum absolute atomic E-state index is 11.8. The van der Waals surface area contributed by atoms with Crippen molar-refractivity contribution in [2.45, 2.75) is 77.2 Å². The first-order valence-corrected chi connectivity index (χ1v) is 11.9. The molecule has 1 heterocycles. The summed E-state index contributed by atoms with van der Waals surface area (Å²) in [5, 5.41) is 9.69. The van der Waals surface area contributed by atoms with Crippen LogP contribution in [0.1, 0.15) is 81.0 Å². The number of unbranched alkanes of at least 4 members (excludes halogenated alkanes) is 2. The molecule has 2 aliphatic rings. The summed E-state index contributed by atoms with van der Waals surface area (Å²) in [4.78, 5) is 11.8. The number of benzene rings is 2. The van der Waals surface area contributed by atoms with Gasteiger partial charge in [0.15, 0.2) is 0 Å². The predicted octanol–water partition coefficient (Wildman–Crippen LogP) is 6.27. The van der Waals surface area contributed by atoms with Crippen LogP contribution in [0.5, 0.6) is 5.75 Å². The summed E-state index contributed by atoms with van der Waals surface area (Å²) in [5.41, 5.74) is 11.8. The normalized spacial score (nSPS) is 21.2. The number of hydrogen-bond acceptors (Lipinski definition) is 3. The molecule has 1 aliphatic carbocycles. The fourth-order valence-corrected chi connectivity index (χ4v) is 5.48. The van der Waals surface area contributed by atoms with Gasteiger partial charge >= 0.3 is 5.97 Å². The number of nitrogen functional groups attached to an aromatic ring is 1. The highest BCUT2D eigenvalue weighted by molar-refractivity contribution is 5.87. The van der Waals surface area contributed by atoms with Crippen LogP contribution < -0.4 is 10.5 Å². The van der Waals surface area contributed by atoms with Crippen LogP contribution >= 0.6 is 0 Å². The number of nitrogens with two attached hydrogens (primary N) is 1. The SMILES string of the molecule is CCCCCc1cc(Cc2ccc(N)cc2)c2c(c1)OC(C)(C)[C@@H]1CC=C(C(=O)O)C[C@@H]21. The van der Waals surface area contributed by atoms with E-state index in [1.54, 1.807) is 0 Å².